The van der Waals surface area contributed by atoms with Crippen LogP contribution in [-0.2, 0) is 11.3 Å². The van der Waals surface area contributed by atoms with E-state index in [0.717, 1.165) is 23.9 Å². The minimum absolute atomic E-state index is 0.250. The number of hydrogen-bond donors (Lipinski definition) is 2. The number of carboxylic acid groups (broad SMARTS) is 1. The average Bonchev–Trinajstić information content (AvgIpc) is 3.11. The summed E-state index contributed by atoms with van der Waals surface area (Å²) < 4.78 is 2.02. The van der Waals surface area contributed by atoms with E-state index in [-0.39, 0.29) is 6.47 Å². The third-order valence-corrected chi connectivity index (χ3v) is 2.88. The summed E-state index contributed by atoms with van der Waals surface area (Å²) in [6, 6.07) is 0. The van der Waals surface area contributed by atoms with Crippen molar-refractivity contribution in [3.8, 4) is 11.6 Å². The van der Waals surface area contributed by atoms with E-state index in [1.54, 1.807) is 29.9 Å². The molecule has 0 aliphatic carbocycles. The van der Waals surface area contributed by atoms with Crippen molar-refractivity contribution in [1.29, 1.82) is 0 Å². The van der Waals surface area contributed by atoms with Crippen molar-refractivity contribution in [1.82, 2.24) is 24.5 Å². The minimum atomic E-state index is -0.250. The van der Waals surface area contributed by atoms with Crippen LogP contribution in [0.1, 0.15) is 5.69 Å². The number of imidazole rings is 2. The van der Waals surface area contributed by atoms with E-state index in [2.05, 4.69) is 19.9 Å². The fourth-order valence-electron chi connectivity index (χ4n) is 1.53. The van der Waals surface area contributed by atoms with Gasteiger partial charge in [0.2, 0.25) is 0 Å². The highest BCUT2D eigenvalue weighted by Crippen LogP contribution is 2.13. The van der Waals surface area contributed by atoms with Gasteiger partial charge in [0.1, 0.15) is 0 Å². The van der Waals surface area contributed by atoms with Crippen LogP contribution < -0.4 is 0 Å². The molecule has 0 bridgehead atoms. The Bertz CT molecular complexity index is 603. The lowest BCUT2D eigenvalue weighted by atomic mass is 10.4. The predicted molar refractivity (Wildman–Crippen MR) is 69.7 cm³/mol. The van der Waals surface area contributed by atoms with Gasteiger partial charge in [0.05, 0.1) is 17.7 Å². The molecule has 98 valence electrons. The fourth-order valence-corrected chi connectivity index (χ4v) is 2.08. The molecule has 0 aliphatic rings. The summed E-state index contributed by atoms with van der Waals surface area (Å²) in [5.41, 5.74) is 2.87. The zero-order chi connectivity index (χ0) is 13.5. The van der Waals surface area contributed by atoms with Gasteiger partial charge in [0, 0.05) is 30.2 Å². The molecule has 0 aliphatic heterocycles. The van der Waals surface area contributed by atoms with Gasteiger partial charge < -0.3 is 14.7 Å². The molecule has 3 heterocycles. The first-order valence-corrected chi connectivity index (χ1v) is 6.25. The summed E-state index contributed by atoms with van der Waals surface area (Å²) in [6.07, 6.45) is 7.20. The molecule has 19 heavy (non-hydrogen) atoms. The van der Waals surface area contributed by atoms with Gasteiger partial charge in [-0.15, -0.1) is 11.3 Å². The zero-order valence-electron chi connectivity index (χ0n) is 9.80. The van der Waals surface area contributed by atoms with Crippen molar-refractivity contribution in [2.75, 3.05) is 0 Å². The molecule has 0 unspecified atom stereocenters. The van der Waals surface area contributed by atoms with E-state index in [4.69, 9.17) is 9.90 Å². The van der Waals surface area contributed by atoms with Crippen LogP contribution >= 0.6 is 11.3 Å². The number of thiazole rings is 1. The molecule has 0 amide bonds. The van der Waals surface area contributed by atoms with Crippen LogP contribution in [0.25, 0.3) is 11.6 Å². The number of hydrogen-bond acceptors (Lipinski definition) is 5. The van der Waals surface area contributed by atoms with Crippen molar-refractivity contribution in [2.45, 2.75) is 6.54 Å². The zero-order valence-corrected chi connectivity index (χ0v) is 10.6. The van der Waals surface area contributed by atoms with Gasteiger partial charge in [-0.25, -0.2) is 15.0 Å². The summed E-state index contributed by atoms with van der Waals surface area (Å²) >= 11 is 1.60. The second kappa shape index (κ2) is 6.45. The standard InChI is InChI=1S/C10H9N5S.CH2O2/c1-2-12-9(11-1)10-13-3-4-15(10)5-8-6-16-7-14-8;2-1-3/h1-4,6-7H,5H2,(H,11,12);1H,(H,2,3). The Kier molecular flexibility index (Phi) is 4.40. The third kappa shape index (κ3) is 3.26. The second-order valence-electron chi connectivity index (χ2n) is 3.40. The minimum Gasteiger partial charge on any atom is -0.483 e. The number of nitrogens with zero attached hydrogens (tertiary/aromatic N) is 4. The Labute approximate surface area is 112 Å². The number of aromatic nitrogens is 5. The van der Waals surface area contributed by atoms with Crippen molar-refractivity contribution in [2.24, 2.45) is 0 Å². The second-order valence-corrected chi connectivity index (χ2v) is 4.12. The maximum Gasteiger partial charge on any atom is 0.290 e. The molecular formula is C11H11N5O2S. The Morgan fingerprint density at radius 2 is 2.21 bits per heavy atom. The van der Waals surface area contributed by atoms with E-state index < -0.39 is 0 Å². The normalized spacial score (nSPS) is 9.68. The van der Waals surface area contributed by atoms with Crippen LogP contribution in [0, 0.1) is 0 Å². The predicted octanol–water partition coefficient (Wildman–Crippen LogP) is 1.48. The van der Waals surface area contributed by atoms with E-state index in [0.29, 0.717) is 0 Å². The van der Waals surface area contributed by atoms with Crippen molar-refractivity contribution < 1.29 is 9.90 Å². The molecule has 2 N–H and O–H groups in total. The summed E-state index contributed by atoms with van der Waals surface area (Å²) in [6.45, 7) is 0.472. The Morgan fingerprint density at radius 1 is 1.37 bits per heavy atom. The molecule has 0 radical (unpaired) electrons. The molecular weight excluding hydrogens is 266 g/mol. The van der Waals surface area contributed by atoms with Gasteiger partial charge in [0.25, 0.3) is 6.47 Å². The molecule has 8 heteroatoms. The average molecular weight is 277 g/mol. The molecule has 0 saturated heterocycles. The van der Waals surface area contributed by atoms with Crippen LogP contribution in [0.5, 0.6) is 0 Å². The summed E-state index contributed by atoms with van der Waals surface area (Å²) in [5.74, 6) is 1.61. The summed E-state index contributed by atoms with van der Waals surface area (Å²) in [7, 11) is 0. The molecule has 3 aromatic heterocycles. The number of aromatic amines is 1. The van der Waals surface area contributed by atoms with E-state index in [9.17, 15) is 0 Å². The summed E-state index contributed by atoms with van der Waals surface area (Å²) in [5, 5.41) is 8.92. The smallest absolute Gasteiger partial charge is 0.290 e. The van der Waals surface area contributed by atoms with Gasteiger partial charge in [-0.1, -0.05) is 0 Å². The quantitative estimate of drug-likeness (QED) is 0.707. The van der Waals surface area contributed by atoms with E-state index in [1.165, 1.54) is 0 Å². The number of nitrogens with one attached hydrogen (secondary N) is 1. The molecule has 0 aromatic carbocycles. The SMILES string of the molecule is O=CO.c1c[nH]c(-c2nccn2Cc2cscn2)n1. The largest absolute Gasteiger partial charge is 0.483 e. The van der Waals surface area contributed by atoms with Gasteiger partial charge in [0.15, 0.2) is 11.6 Å². The molecule has 0 fully saturated rings. The molecule has 0 spiro atoms. The van der Waals surface area contributed by atoms with Gasteiger partial charge in [-0.2, -0.15) is 0 Å². The first kappa shape index (κ1) is 13.0. The lowest BCUT2D eigenvalue weighted by molar-refractivity contribution is -0.122. The van der Waals surface area contributed by atoms with Gasteiger partial charge in [-0.3, -0.25) is 4.79 Å². The highest BCUT2D eigenvalue weighted by Gasteiger charge is 2.08. The Hall–Kier alpha value is -2.48. The third-order valence-electron chi connectivity index (χ3n) is 2.24. The van der Waals surface area contributed by atoms with Crippen LogP contribution in [0.4, 0.5) is 0 Å². The maximum atomic E-state index is 8.36. The van der Waals surface area contributed by atoms with Crippen LogP contribution in [0.3, 0.4) is 0 Å². The fraction of sp³-hybridized carbons (Fsp3) is 0.0909. The van der Waals surface area contributed by atoms with Crippen LogP contribution in [-0.4, -0.2) is 36.1 Å². The maximum absolute atomic E-state index is 8.36. The van der Waals surface area contributed by atoms with Crippen LogP contribution in [0.15, 0.2) is 35.7 Å². The number of rotatable bonds is 3. The van der Waals surface area contributed by atoms with Crippen LogP contribution in [0.2, 0.25) is 0 Å². The number of carbonyl (C=O) groups is 1. The van der Waals surface area contributed by atoms with Gasteiger partial charge in [-0.05, 0) is 0 Å². The number of H-pyrrole nitrogens is 1. The molecule has 0 saturated carbocycles. The van der Waals surface area contributed by atoms with E-state index in [1.807, 2.05) is 21.7 Å². The highest BCUT2D eigenvalue weighted by atomic mass is 32.1. The first-order chi connectivity index (χ1) is 9.35. The molecule has 3 rings (SSSR count). The Balaban J connectivity index is 0.000000408. The molecule has 7 nitrogen and oxygen atoms in total. The summed E-state index contributed by atoms with van der Waals surface area (Å²) in [4.78, 5) is 24.1. The van der Waals surface area contributed by atoms with Gasteiger partial charge >= 0.3 is 0 Å². The first-order valence-electron chi connectivity index (χ1n) is 5.31. The highest BCUT2D eigenvalue weighted by molar-refractivity contribution is 7.07. The lowest BCUT2D eigenvalue weighted by Crippen LogP contribution is -2.02. The molecule has 0 atom stereocenters. The Morgan fingerprint density at radius 3 is 2.84 bits per heavy atom. The molecule has 3 aromatic rings. The van der Waals surface area contributed by atoms with Crippen molar-refractivity contribution in [3.05, 3.63) is 41.4 Å². The lowest BCUT2D eigenvalue weighted by Gasteiger charge is -2.03. The topological polar surface area (TPSA) is 96.7 Å². The van der Waals surface area contributed by atoms with Crippen molar-refractivity contribution >= 4 is 17.8 Å². The monoisotopic (exact) mass is 277 g/mol. The van der Waals surface area contributed by atoms with Crippen molar-refractivity contribution in [3.63, 3.8) is 0 Å². The van der Waals surface area contributed by atoms with E-state index >= 15 is 0 Å².